The standard InChI is InChI=1S/C26H19BrN2O7S/c1-2-35-22-13-17(5-12-21(22)36-25(31)18-6-10-20(11-7-18)29(33)34)14-23-24(30)28(26(32)37-23)15-16-3-8-19(27)9-4-16/h3-14H,2,15H2,1H3/b23-14-. The first-order valence-electron chi connectivity index (χ1n) is 11.0. The average Bonchev–Trinajstić information content (AvgIpc) is 3.14. The number of halogens is 1. The normalized spacial score (nSPS) is 14.2. The zero-order valence-electron chi connectivity index (χ0n) is 19.4. The number of non-ortho nitro benzene ring substituents is 1. The van der Waals surface area contributed by atoms with Crippen LogP contribution in [0.1, 0.15) is 28.4 Å². The molecule has 188 valence electrons. The zero-order chi connectivity index (χ0) is 26.5. The molecule has 0 aliphatic carbocycles. The Morgan fingerprint density at radius 2 is 1.76 bits per heavy atom. The highest BCUT2D eigenvalue weighted by Crippen LogP contribution is 2.35. The van der Waals surface area contributed by atoms with Crippen LogP contribution < -0.4 is 9.47 Å². The van der Waals surface area contributed by atoms with E-state index in [1.54, 1.807) is 25.1 Å². The van der Waals surface area contributed by atoms with Crippen LogP contribution in [0.4, 0.5) is 10.5 Å². The molecule has 1 aliphatic heterocycles. The number of thioether (sulfide) groups is 1. The predicted octanol–water partition coefficient (Wildman–Crippen LogP) is 6.21. The minimum atomic E-state index is -0.710. The third-order valence-electron chi connectivity index (χ3n) is 5.21. The van der Waals surface area contributed by atoms with E-state index in [0.29, 0.717) is 5.56 Å². The summed E-state index contributed by atoms with van der Waals surface area (Å²) >= 11 is 4.21. The van der Waals surface area contributed by atoms with Gasteiger partial charge in [0.15, 0.2) is 11.5 Å². The van der Waals surface area contributed by atoms with E-state index >= 15 is 0 Å². The summed E-state index contributed by atoms with van der Waals surface area (Å²) in [6.07, 6.45) is 1.58. The highest BCUT2D eigenvalue weighted by molar-refractivity contribution is 9.10. The summed E-state index contributed by atoms with van der Waals surface area (Å²) in [4.78, 5) is 49.6. The molecule has 0 saturated carbocycles. The molecule has 1 heterocycles. The molecule has 3 aromatic carbocycles. The van der Waals surface area contributed by atoms with Gasteiger partial charge in [0.05, 0.1) is 28.5 Å². The number of carbonyl (C=O) groups is 3. The van der Waals surface area contributed by atoms with E-state index in [-0.39, 0.29) is 46.0 Å². The summed E-state index contributed by atoms with van der Waals surface area (Å²) in [5.41, 5.74) is 1.39. The molecular formula is C26H19BrN2O7S. The van der Waals surface area contributed by atoms with Gasteiger partial charge in [-0.05, 0) is 72.3 Å². The maximum absolute atomic E-state index is 12.9. The van der Waals surface area contributed by atoms with Gasteiger partial charge in [0, 0.05) is 16.6 Å². The fraction of sp³-hybridized carbons (Fsp3) is 0.115. The number of nitro benzene ring substituents is 1. The van der Waals surface area contributed by atoms with Gasteiger partial charge >= 0.3 is 5.97 Å². The van der Waals surface area contributed by atoms with E-state index in [1.807, 2.05) is 24.3 Å². The molecule has 0 radical (unpaired) electrons. The molecular weight excluding hydrogens is 564 g/mol. The molecule has 0 bridgehead atoms. The maximum Gasteiger partial charge on any atom is 0.343 e. The van der Waals surface area contributed by atoms with Crippen LogP contribution in [-0.4, -0.2) is 33.5 Å². The predicted molar refractivity (Wildman–Crippen MR) is 141 cm³/mol. The summed E-state index contributed by atoms with van der Waals surface area (Å²) < 4.78 is 12.0. The highest BCUT2D eigenvalue weighted by Gasteiger charge is 2.35. The molecule has 3 aromatic rings. The second kappa shape index (κ2) is 11.4. The molecule has 0 aromatic heterocycles. The summed E-state index contributed by atoms with van der Waals surface area (Å²) in [5, 5.41) is 10.5. The molecule has 9 nitrogen and oxygen atoms in total. The van der Waals surface area contributed by atoms with Crippen molar-refractivity contribution in [2.75, 3.05) is 6.61 Å². The van der Waals surface area contributed by atoms with Crippen molar-refractivity contribution < 1.29 is 28.8 Å². The lowest BCUT2D eigenvalue weighted by atomic mass is 10.1. The SMILES string of the molecule is CCOc1cc(/C=C2\SC(=O)N(Cc3ccc(Br)cc3)C2=O)ccc1OC(=O)c1ccc([N+](=O)[O-])cc1. The Hall–Kier alpha value is -3.96. The van der Waals surface area contributed by atoms with E-state index in [4.69, 9.17) is 9.47 Å². The maximum atomic E-state index is 12.9. The molecule has 2 amide bonds. The van der Waals surface area contributed by atoms with Crippen molar-refractivity contribution >= 4 is 56.6 Å². The summed E-state index contributed by atoms with van der Waals surface area (Å²) in [6, 6.07) is 17.1. The number of hydrogen-bond acceptors (Lipinski definition) is 8. The summed E-state index contributed by atoms with van der Waals surface area (Å²) in [6.45, 7) is 2.22. The number of nitrogens with zero attached hydrogens (tertiary/aromatic N) is 2. The molecule has 0 unspecified atom stereocenters. The first-order valence-corrected chi connectivity index (χ1v) is 12.6. The third-order valence-corrected chi connectivity index (χ3v) is 6.65. The molecule has 0 spiro atoms. The largest absolute Gasteiger partial charge is 0.490 e. The van der Waals surface area contributed by atoms with Gasteiger partial charge < -0.3 is 9.47 Å². The molecule has 1 aliphatic rings. The van der Waals surface area contributed by atoms with E-state index < -0.39 is 16.8 Å². The Kier molecular flexibility index (Phi) is 8.04. The van der Waals surface area contributed by atoms with Gasteiger partial charge in [0.1, 0.15) is 0 Å². The zero-order valence-corrected chi connectivity index (χ0v) is 21.8. The number of nitro groups is 1. The van der Waals surface area contributed by atoms with Gasteiger partial charge in [-0.15, -0.1) is 0 Å². The van der Waals surface area contributed by atoms with Crippen LogP contribution in [0.25, 0.3) is 6.08 Å². The quantitative estimate of drug-likeness (QED) is 0.101. The smallest absolute Gasteiger partial charge is 0.343 e. The Morgan fingerprint density at radius 1 is 1.05 bits per heavy atom. The van der Waals surface area contributed by atoms with Crippen molar-refractivity contribution in [1.29, 1.82) is 0 Å². The monoisotopic (exact) mass is 582 g/mol. The van der Waals surface area contributed by atoms with E-state index in [2.05, 4.69) is 15.9 Å². The van der Waals surface area contributed by atoms with Gasteiger partial charge in [0.2, 0.25) is 0 Å². The molecule has 1 fully saturated rings. The van der Waals surface area contributed by atoms with E-state index in [0.717, 1.165) is 21.8 Å². The Labute approximate surface area is 224 Å². The lowest BCUT2D eigenvalue weighted by Gasteiger charge is -2.12. The Morgan fingerprint density at radius 3 is 2.41 bits per heavy atom. The van der Waals surface area contributed by atoms with E-state index in [1.165, 1.54) is 35.2 Å². The topological polar surface area (TPSA) is 116 Å². The number of hydrogen-bond donors (Lipinski definition) is 0. The lowest BCUT2D eigenvalue weighted by molar-refractivity contribution is -0.384. The van der Waals surface area contributed by atoms with Crippen LogP contribution in [0, 0.1) is 10.1 Å². The van der Waals surface area contributed by atoms with Crippen molar-refractivity contribution in [2.24, 2.45) is 0 Å². The first kappa shape index (κ1) is 26.1. The van der Waals surface area contributed by atoms with Gasteiger partial charge in [-0.25, -0.2) is 4.79 Å². The second-order valence-electron chi connectivity index (χ2n) is 7.73. The fourth-order valence-corrected chi connectivity index (χ4v) is 4.51. The molecule has 11 heteroatoms. The van der Waals surface area contributed by atoms with Crippen molar-refractivity contribution in [3.63, 3.8) is 0 Å². The van der Waals surface area contributed by atoms with Gasteiger partial charge in [-0.3, -0.25) is 24.6 Å². The summed E-state index contributed by atoms with van der Waals surface area (Å²) in [7, 11) is 0. The molecule has 0 N–H and O–H groups in total. The van der Waals surface area contributed by atoms with Crippen LogP contribution >= 0.6 is 27.7 Å². The third kappa shape index (κ3) is 6.25. The van der Waals surface area contributed by atoms with Crippen molar-refractivity contribution in [3.8, 4) is 11.5 Å². The lowest BCUT2D eigenvalue weighted by Crippen LogP contribution is -2.27. The Balaban J connectivity index is 1.51. The number of imide groups is 1. The van der Waals surface area contributed by atoms with Crippen molar-refractivity contribution in [1.82, 2.24) is 4.90 Å². The van der Waals surface area contributed by atoms with Crippen molar-refractivity contribution in [3.05, 3.63) is 103 Å². The number of carbonyl (C=O) groups excluding carboxylic acids is 3. The number of rotatable bonds is 8. The number of esters is 1. The number of amides is 2. The Bertz CT molecular complexity index is 1410. The van der Waals surface area contributed by atoms with Crippen molar-refractivity contribution in [2.45, 2.75) is 13.5 Å². The number of benzene rings is 3. The number of ether oxygens (including phenoxy) is 2. The molecule has 1 saturated heterocycles. The van der Waals surface area contributed by atoms with Gasteiger partial charge in [0.25, 0.3) is 16.8 Å². The first-order chi connectivity index (χ1) is 17.7. The molecule has 0 atom stereocenters. The van der Waals surface area contributed by atoms with Crippen LogP contribution in [0.3, 0.4) is 0 Å². The average molecular weight is 583 g/mol. The van der Waals surface area contributed by atoms with Crippen LogP contribution in [0.15, 0.2) is 76.1 Å². The van der Waals surface area contributed by atoms with Gasteiger partial charge in [-0.2, -0.15) is 0 Å². The minimum Gasteiger partial charge on any atom is -0.490 e. The van der Waals surface area contributed by atoms with Crippen LogP contribution in [0.5, 0.6) is 11.5 Å². The molecule has 4 rings (SSSR count). The van der Waals surface area contributed by atoms with Gasteiger partial charge in [-0.1, -0.05) is 34.1 Å². The summed E-state index contributed by atoms with van der Waals surface area (Å²) in [5.74, 6) is -0.700. The fourth-order valence-electron chi connectivity index (χ4n) is 3.41. The molecule has 37 heavy (non-hydrogen) atoms. The highest BCUT2D eigenvalue weighted by atomic mass is 79.9. The second-order valence-corrected chi connectivity index (χ2v) is 9.64. The van der Waals surface area contributed by atoms with E-state index in [9.17, 15) is 24.5 Å². The van der Waals surface area contributed by atoms with Crippen LogP contribution in [0.2, 0.25) is 0 Å². The minimum absolute atomic E-state index is 0.136. The van der Waals surface area contributed by atoms with Crippen LogP contribution in [-0.2, 0) is 11.3 Å².